The van der Waals surface area contributed by atoms with Gasteiger partial charge in [-0.1, -0.05) is 19.1 Å². The highest BCUT2D eigenvalue weighted by molar-refractivity contribution is 6.18. The molecule has 0 aliphatic carbocycles. The highest BCUT2D eigenvalue weighted by Gasteiger charge is 2.33. The van der Waals surface area contributed by atoms with Crippen LogP contribution in [0.2, 0.25) is 0 Å². The van der Waals surface area contributed by atoms with Crippen molar-refractivity contribution in [3.8, 4) is 16.9 Å². The van der Waals surface area contributed by atoms with Crippen LogP contribution in [0.25, 0.3) is 27.7 Å². The van der Waals surface area contributed by atoms with Gasteiger partial charge in [-0.3, -0.25) is 0 Å². The van der Waals surface area contributed by atoms with Gasteiger partial charge in [0.05, 0.1) is 37.9 Å². The third kappa shape index (κ3) is 2.69. The van der Waals surface area contributed by atoms with Gasteiger partial charge in [0.1, 0.15) is 22.7 Å². The fourth-order valence-electron chi connectivity index (χ4n) is 4.10. The number of nitrogens with zero attached hydrogens (tertiary/aromatic N) is 1. The number of aromatic nitrogens is 1. The second kappa shape index (κ2) is 7.33. The van der Waals surface area contributed by atoms with E-state index in [1.54, 1.807) is 18.2 Å². The Morgan fingerprint density at radius 2 is 1.53 bits per heavy atom. The van der Waals surface area contributed by atoms with Crippen LogP contribution in [0.5, 0.6) is 5.75 Å². The lowest BCUT2D eigenvalue weighted by atomic mass is 9.97. The number of pyridine rings is 1. The van der Waals surface area contributed by atoms with Gasteiger partial charge in [-0.25, -0.2) is 14.0 Å². The van der Waals surface area contributed by atoms with Crippen LogP contribution in [0.3, 0.4) is 0 Å². The van der Waals surface area contributed by atoms with Crippen molar-refractivity contribution in [3.63, 3.8) is 0 Å². The molecule has 0 radical (unpaired) electrons. The summed E-state index contributed by atoms with van der Waals surface area (Å²) in [4.78, 5) is 25.6. The van der Waals surface area contributed by atoms with E-state index >= 15 is 0 Å². The minimum absolute atomic E-state index is 0.106. The van der Waals surface area contributed by atoms with Crippen LogP contribution in [0, 0.1) is 5.82 Å². The van der Waals surface area contributed by atoms with E-state index in [0.29, 0.717) is 23.2 Å². The number of ether oxygens (including phenoxy) is 3. The summed E-state index contributed by atoms with van der Waals surface area (Å²) in [6.07, 6.45) is 0.644. The summed E-state index contributed by atoms with van der Waals surface area (Å²) in [5.74, 6) is -1.14. The third-order valence-electron chi connectivity index (χ3n) is 5.36. The molecule has 0 amide bonds. The number of carbonyl (C=O) groups is 2. The summed E-state index contributed by atoms with van der Waals surface area (Å²) < 4.78 is 30.9. The Morgan fingerprint density at radius 3 is 2.10 bits per heavy atom. The predicted octanol–water partition coefficient (Wildman–Crippen LogP) is 4.48. The summed E-state index contributed by atoms with van der Waals surface area (Å²) in [7, 11) is 4.05. The molecule has 0 fully saturated rings. The molecule has 6 nitrogen and oxygen atoms in total. The van der Waals surface area contributed by atoms with E-state index in [9.17, 15) is 14.0 Å². The molecule has 3 aromatic heterocycles. The van der Waals surface area contributed by atoms with Gasteiger partial charge < -0.3 is 18.6 Å². The molecule has 0 atom stereocenters. The maximum Gasteiger partial charge on any atom is 0.340 e. The van der Waals surface area contributed by atoms with Crippen molar-refractivity contribution in [1.29, 1.82) is 0 Å². The topological polar surface area (TPSA) is 66.2 Å². The second-order valence-corrected chi connectivity index (χ2v) is 6.80. The van der Waals surface area contributed by atoms with Crippen LogP contribution in [-0.4, -0.2) is 37.7 Å². The normalized spacial score (nSPS) is 11.2. The number of methoxy groups -OCH3 is 3. The van der Waals surface area contributed by atoms with Gasteiger partial charge in [-0.05, 0) is 29.7 Å². The number of benzene rings is 1. The van der Waals surface area contributed by atoms with E-state index in [1.165, 1.54) is 33.5 Å². The maximum absolute atomic E-state index is 13.6. The smallest absolute Gasteiger partial charge is 0.340 e. The number of esters is 2. The monoisotopic (exact) mass is 409 g/mol. The predicted molar refractivity (Wildman–Crippen MR) is 110 cm³/mol. The van der Waals surface area contributed by atoms with Crippen molar-refractivity contribution in [3.05, 3.63) is 58.9 Å². The Balaban J connectivity index is 2.28. The fraction of sp³-hybridized carbons (Fsp3) is 0.217. The first kappa shape index (κ1) is 19.7. The molecule has 0 aliphatic heterocycles. The van der Waals surface area contributed by atoms with Crippen molar-refractivity contribution in [2.24, 2.45) is 0 Å². The maximum atomic E-state index is 13.6. The number of halogens is 1. The van der Waals surface area contributed by atoms with Crippen LogP contribution in [0.15, 0.2) is 36.4 Å². The summed E-state index contributed by atoms with van der Waals surface area (Å²) >= 11 is 0. The van der Waals surface area contributed by atoms with E-state index in [2.05, 4.69) is 0 Å². The SMILES string of the molecule is CCc1c(-c2ccc(F)cc2)c2c(C(=O)OC)c(C(=O)OC)c3cc(OC)cc1n32. The van der Waals surface area contributed by atoms with Gasteiger partial charge in [0, 0.05) is 17.7 Å². The molecule has 0 saturated heterocycles. The molecule has 4 rings (SSSR count). The zero-order chi connectivity index (χ0) is 21.6. The van der Waals surface area contributed by atoms with Crippen LogP contribution < -0.4 is 4.74 Å². The lowest BCUT2D eigenvalue weighted by Gasteiger charge is -2.08. The molecule has 0 aliphatic rings. The first-order chi connectivity index (χ1) is 14.5. The minimum Gasteiger partial charge on any atom is -0.497 e. The first-order valence-electron chi connectivity index (χ1n) is 9.39. The average Bonchev–Trinajstić information content (AvgIpc) is 3.28. The molecule has 0 saturated carbocycles. The van der Waals surface area contributed by atoms with Gasteiger partial charge in [0.2, 0.25) is 0 Å². The second-order valence-electron chi connectivity index (χ2n) is 6.80. The lowest BCUT2D eigenvalue weighted by Crippen LogP contribution is -2.10. The summed E-state index contributed by atoms with van der Waals surface area (Å²) in [5.41, 5.74) is 4.43. The molecule has 4 aromatic rings. The van der Waals surface area contributed by atoms with Gasteiger partial charge in [-0.2, -0.15) is 0 Å². The molecule has 0 N–H and O–H groups in total. The van der Waals surface area contributed by atoms with Crippen LogP contribution in [0.4, 0.5) is 4.39 Å². The van der Waals surface area contributed by atoms with Gasteiger partial charge in [0.15, 0.2) is 0 Å². The van der Waals surface area contributed by atoms with E-state index in [-0.39, 0.29) is 16.9 Å². The van der Waals surface area contributed by atoms with Crippen molar-refractivity contribution in [2.45, 2.75) is 13.3 Å². The van der Waals surface area contributed by atoms with Crippen LogP contribution in [-0.2, 0) is 15.9 Å². The lowest BCUT2D eigenvalue weighted by molar-refractivity contribution is 0.0559. The standard InChI is InChI=1S/C23H20FNO5/c1-5-15-16-10-14(28-2)11-17-19(22(26)29-3)20(23(27)30-4)21(25(16)17)18(15)12-6-8-13(24)9-7-12/h6-11H,5H2,1-4H3. The van der Waals surface area contributed by atoms with Crippen molar-refractivity contribution in [1.82, 2.24) is 4.40 Å². The highest BCUT2D eigenvalue weighted by atomic mass is 19.1. The van der Waals surface area contributed by atoms with Gasteiger partial charge in [-0.15, -0.1) is 0 Å². The van der Waals surface area contributed by atoms with Crippen molar-refractivity contribution >= 4 is 28.5 Å². The Hall–Kier alpha value is -3.61. The quantitative estimate of drug-likeness (QED) is 0.455. The number of aryl methyl sites for hydroxylation is 1. The number of hydrogen-bond donors (Lipinski definition) is 0. The van der Waals surface area contributed by atoms with Crippen molar-refractivity contribution < 1.29 is 28.2 Å². The zero-order valence-corrected chi connectivity index (χ0v) is 17.0. The molecule has 154 valence electrons. The van der Waals surface area contributed by atoms with E-state index in [1.807, 2.05) is 17.4 Å². The molecular formula is C23H20FNO5. The molecule has 0 bridgehead atoms. The Labute approximate surface area is 172 Å². The summed E-state index contributed by atoms with van der Waals surface area (Å²) in [6, 6.07) is 9.58. The number of carbonyl (C=O) groups excluding carboxylic acids is 2. The zero-order valence-electron chi connectivity index (χ0n) is 17.0. The molecule has 3 heterocycles. The largest absolute Gasteiger partial charge is 0.497 e. The fourth-order valence-corrected chi connectivity index (χ4v) is 4.10. The molecule has 0 unspecified atom stereocenters. The number of hydrogen-bond acceptors (Lipinski definition) is 5. The van der Waals surface area contributed by atoms with E-state index < -0.39 is 11.9 Å². The minimum atomic E-state index is -0.656. The Kier molecular flexibility index (Phi) is 4.81. The van der Waals surface area contributed by atoms with Crippen LogP contribution in [0.1, 0.15) is 33.2 Å². The Morgan fingerprint density at radius 1 is 0.933 bits per heavy atom. The van der Waals surface area contributed by atoms with E-state index in [4.69, 9.17) is 14.2 Å². The average molecular weight is 409 g/mol. The highest BCUT2D eigenvalue weighted by Crippen LogP contribution is 2.43. The van der Waals surface area contributed by atoms with Crippen LogP contribution >= 0.6 is 0 Å². The van der Waals surface area contributed by atoms with Gasteiger partial charge in [0.25, 0.3) is 0 Å². The van der Waals surface area contributed by atoms with Crippen molar-refractivity contribution in [2.75, 3.05) is 21.3 Å². The molecular weight excluding hydrogens is 389 g/mol. The van der Waals surface area contributed by atoms with Gasteiger partial charge >= 0.3 is 11.9 Å². The Bertz CT molecular complexity index is 1270. The molecule has 30 heavy (non-hydrogen) atoms. The molecule has 7 heteroatoms. The molecule has 0 spiro atoms. The molecule has 1 aromatic carbocycles. The summed E-state index contributed by atoms with van der Waals surface area (Å²) in [5, 5.41) is 0. The number of rotatable bonds is 5. The van der Waals surface area contributed by atoms with E-state index in [0.717, 1.165) is 22.2 Å². The third-order valence-corrected chi connectivity index (χ3v) is 5.36. The first-order valence-corrected chi connectivity index (χ1v) is 9.39. The summed E-state index contributed by atoms with van der Waals surface area (Å²) in [6.45, 7) is 2.00.